The van der Waals surface area contributed by atoms with Crippen molar-refractivity contribution in [3.05, 3.63) is 29.6 Å². The molecule has 0 fully saturated rings. The monoisotopic (exact) mass is 225 g/mol. The minimum Gasteiger partial charge on any atom is -0.491 e. The summed E-state index contributed by atoms with van der Waals surface area (Å²) < 4.78 is 18.9. The largest absolute Gasteiger partial charge is 0.491 e. The lowest BCUT2D eigenvalue weighted by atomic mass is 10.1. The number of nitrogens with two attached hydrogens (primary N) is 1. The molecule has 1 atom stereocenters. The van der Waals surface area contributed by atoms with Gasteiger partial charge in [0.15, 0.2) is 11.6 Å². The first-order valence-electron chi connectivity index (χ1n) is 5.80. The smallest absolute Gasteiger partial charge is 0.165 e. The van der Waals surface area contributed by atoms with Crippen molar-refractivity contribution in [3.63, 3.8) is 0 Å². The van der Waals surface area contributed by atoms with Crippen molar-refractivity contribution in [2.45, 2.75) is 39.2 Å². The average Bonchev–Trinajstić information content (AvgIpc) is 2.20. The molecule has 2 N–H and O–H groups in total. The second-order valence-electron chi connectivity index (χ2n) is 4.15. The van der Waals surface area contributed by atoms with Crippen LogP contribution in [0, 0.1) is 5.82 Å². The van der Waals surface area contributed by atoms with E-state index in [-0.39, 0.29) is 11.9 Å². The van der Waals surface area contributed by atoms with E-state index in [2.05, 4.69) is 6.92 Å². The lowest BCUT2D eigenvalue weighted by Gasteiger charge is -2.09. The summed E-state index contributed by atoms with van der Waals surface area (Å²) in [6, 6.07) is 5.10. The van der Waals surface area contributed by atoms with Gasteiger partial charge >= 0.3 is 0 Å². The molecular weight excluding hydrogens is 205 g/mol. The fraction of sp³-hybridized carbons (Fsp3) is 0.538. The minimum absolute atomic E-state index is 0.0475. The molecule has 0 saturated heterocycles. The zero-order valence-electron chi connectivity index (χ0n) is 10.0. The van der Waals surface area contributed by atoms with Crippen LogP contribution in [0.1, 0.15) is 32.3 Å². The van der Waals surface area contributed by atoms with Gasteiger partial charge in [-0.2, -0.15) is 0 Å². The number of unbranched alkanes of at least 4 members (excludes halogenated alkanes) is 1. The molecule has 0 aliphatic carbocycles. The number of rotatable bonds is 6. The molecule has 0 amide bonds. The highest BCUT2D eigenvalue weighted by Gasteiger charge is 2.05. The Morgan fingerprint density at radius 3 is 2.75 bits per heavy atom. The Kier molecular flexibility index (Phi) is 5.26. The van der Waals surface area contributed by atoms with Crippen LogP contribution in [0.25, 0.3) is 0 Å². The van der Waals surface area contributed by atoms with Gasteiger partial charge in [0.1, 0.15) is 0 Å². The summed E-state index contributed by atoms with van der Waals surface area (Å²) in [4.78, 5) is 0. The average molecular weight is 225 g/mol. The first-order valence-corrected chi connectivity index (χ1v) is 5.80. The second-order valence-corrected chi connectivity index (χ2v) is 4.15. The van der Waals surface area contributed by atoms with Gasteiger partial charge in [0.25, 0.3) is 0 Å². The summed E-state index contributed by atoms with van der Waals surface area (Å²) in [7, 11) is 0. The fourth-order valence-corrected chi connectivity index (χ4v) is 1.49. The number of halogens is 1. The van der Waals surface area contributed by atoms with Crippen LogP contribution in [0.2, 0.25) is 0 Å². The van der Waals surface area contributed by atoms with E-state index in [0.29, 0.717) is 18.8 Å². The molecule has 1 aromatic rings. The first-order chi connectivity index (χ1) is 7.63. The molecule has 16 heavy (non-hydrogen) atoms. The summed E-state index contributed by atoms with van der Waals surface area (Å²) in [5.74, 6) is 0.0381. The molecule has 0 aliphatic heterocycles. The quantitative estimate of drug-likeness (QED) is 0.755. The molecule has 0 saturated carbocycles. The maximum atomic E-state index is 13.6. The molecule has 0 radical (unpaired) electrons. The van der Waals surface area contributed by atoms with E-state index in [1.54, 1.807) is 6.07 Å². The third kappa shape index (κ3) is 4.19. The lowest BCUT2D eigenvalue weighted by Crippen LogP contribution is -2.17. The number of hydrogen-bond donors (Lipinski definition) is 1. The summed E-state index contributed by atoms with van der Waals surface area (Å²) in [5.41, 5.74) is 6.57. The van der Waals surface area contributed by atoms with Gasteiger partial charge in [-0.25, -0.2) is 4.39 Å². The van der Waals surface area contributed by atoms with Crippen molar-refractivity contribution in [2.24, 2.45) is 5.73 Å². The third-order valence-corrected chi connectivity index (χ3v) is 2.31. The van der Waals surface area contributed by atoms with Gasteiger partial charge in [-0.15, -0.1) is 0 Å². The van der Waals surface area contributed by atoms with Crippen molar-refractivity contribution in [1.29, 1.82) is 0 Å². The molecule has 0 aromatic heterocycles. The first kappa shape index (κ1) is 13.0. The standard InChI is InChI=1S/C13H20FNO/c1-3-4-7-16-13-6-5-11(8-10(2)15)9-12(13)14/h5-6,9-10H,3-4,7-8,15H2,1-2H3. The fourth-order valence-electron chi connectivity index (χ4n) is 1.49. The van der Waals surface area contributed by atoms with Gasteiger partial charge in [-0.3, -0.25) is 0 Å². The highest BCUT2D eigenvalue weighted by Crippen LogP contribution is 2.19. The van der Waals surface area contributed by atoms with Gasteiger partial charge in [0, 0.05) is 6.04 Å². The van der Waals surface area contributed by atoms with Crippen LogP contribution in [0.5, 0.6) is 5.75 Å². The highest BCUT2D eigenvalue weighted by molar-refractivity contribution is 5.29. The van der Waals surface area contributed by atoms with Crippen molar-refractivity contribution in [2.75, 3.05) is 6.61 Å². The predicted molar refractivity (Wildman–Crippen MR) is 64.2 cm³/mol. The molecule has 3 heteroatoms. The Bertz CT molecular complexity index is 326. The summed E-state index contributed by atoms with van der Waals surface area (Å²) in [6.45, 7) is 4.55. The molecule has 1 unspecified atom stereocenters. The van der Waals surface area contributed by atoms with Crippen molar-refractivity contribution in [1.82, 2.24) is 0 Å². The molecule has 0 bridgehead atoms. The van der Waals surface area contributed by atoms with Crippen molar-refractivity contribution in [3.8, 4) is 5.75 Å². The van der Waals surface area contributed by atoms with Crippen molar-refractivity contribution >= 4 is 0 Å². The van der Waals surface area contributed by atoms with E-state index in [0.717, 1.165) is 18.4 Å². The van der Waals surface area contributed by atoms with Gasteiger partial charge in [0.05, 0.1) is 6.61 Å². The van der Waals surface area contributed by atoms with Crippen LogP contribution in [0.4, 0.5) is 4.39 Å². The maximum absolute atomic E-state index is 13.6. The number of ether oxygens (including phenoxy) is 1. The number of benzene rings is 1. The molecule has 0 aliphatic rings. The van der Waals surface area contributed by atoms with E-state index in [4.69, 9.17) is 10.5 Å². The SMILES string of the molecule is CCCCOc1ccc(CC(C)N)cc1F. The Hall–Kier alpha value is -1.09. The Morgan fingerprint density at radius 2 is 2.19 bits per heavy atom. The molecule has 2 nitrogen and oxygen atoms in total. The highest BCUT2D eigenvalue weighted by atomic mass is 19.1. The zero-order valence-corrected chi connectivity index (χ0v) is 10.0. The van der Waals surface area contributed by atoms with E-state index in [9.17, 15) is 4.39 Å². The van der Waals surface area contributed by atoms with Crippen LogP contribution in [-0.2, 0) is 6.42 Å². The van der Waals surface area contributed by atoms with Gasteiger partial charge < -0.3 is 10.5 Å². The molecule has 0 spiro atoms. The van der Waals surface area contributed by atoms with Crippen molar-refractivity contribution < 1.29 is 9.13 Å². The van der Waals surface area contributed by atoms with Gasteiger partial charge in [-0.1, -0.05) is 19.4 Å². The topological polar surface area (TPSA) is 35.2 Å². The summed E-state index contributed by atoms with van der Waals surface area (Å²) in [5, 5.41) is 0. The van der Waals surface area contributed by atoms with Crippen LogP contribution >= 0.6 is 0 Å². The van der Waals surface area contributed by atoms with Crippen LogP contribution < -0.4 is 10.5 Å². The van der Waals surface area contributed by atoms with Crippen LogP contribution in [0.3, 0.4) is 0 Å². The third-order valence-electron chi connectivity index (χ3n) is 2.31. The van der Waals surface area contributed by atoms with E-state index >= 15 is 0 Å². The van der Waals surface area contributed by atoms with Gasteiger partial charge in [-0.05, 0) is 37.5 Å². The van der Waals surface area contributed by atoms with E-state index < -0.39 is 0 Å². The second kappa shape index (κ2) is 6.48. The van der Waals surface area contributed by atoms with E-state index in [1.807, 2.05) is 13.0 Å². The van der Waals surface area contributed by atoms with Gasteiger partial charge in [0.2, 0.25) is 0 Å². The molecule has 0 heterocycles. The van der Waals surface area contributed by atoms with E-state index in [1.165, 1.54) is 6.07 Å². The Labute approximate surface area is 96.6 Å². The van der Waals surface area contributed by atoms with Crippen LogP contribution in [0.15, 0.2) is 18.2 Å². The Morgan fingerprint density at radius 1 is 1.44 bits per heavy atom. The van der Waals surface area contributed by atoms with Crippen LogP contribution in [-0.4, -0.2) is 12.6 Å². The lowest BCUT2D eigenvalue weighted by molar-refractivity contribution is 0.294. The molecular formula is C13H20FNO. The normalized spacial score (nSPS) is 12.5. The summed E-state index contributed by atoms with van der Waals surface area (Å²) in [6.07, 6.45) is 2.68. The molecule has 90 valence electrons. The number of hydrogen-bond acceptors (Lipinski definition) is 2. The molecule has 1 rings (SSSR count). The summed E-state index contributed by atoms with van der Waals surface area (Å²) >= 11 is 0. The maximum Gasteiger partial charge on any atom is 0.165 e. The predicted octanol–water partition coefficient (Wildman–Crippen LogP) is 2.89. The zero-order chi connectivity index (χ0) is 12.0. The minimum atomic E-state index is -0.297. The molecule has 1 aromatic carbocycles. The Balaban J connectivity index is 2.60.